The van der Waals surface area contributed by atoms with E-state index in [0.29, 0.717) is 5.02 Å². The smallest absolute Gasteiger partial charge is 0.255 e. The number of hydrogen-bond donors (Lipinski definition) is 3. The Kier molecular flexibility index (Phi) is 8.41. The average molecular weight is 493 g/mol. The maximum absolute atomic E-state index is 13.2. The molecule has 3 atom stereocenters. The fourth-order valence-electron chi connectivity index (χ4n) is 3.80. The van der Waals surface area contributed by atoms with E-state index in [-0.39, 0.29) is 48.2 Å². The van der Waals surface area contributed by atoms with Crippen molar-refractivity contribution in [3.63, 3.8) is 0 Å². The summed E-state index contributed by atoms with van der Waals surface area (Å²) in [7, 11) is 1.65. The first kappa shape index (κ1) is 25.8. The molecule has 1 aliphatic carbocycles. The molecule has 4 amide bonds. The summed E-state index contributed by atoms with van der Waals surface area (Å²) in [5.41, 5.74) is 0.146. The van der Waals surface area contributed by atoms with Gasteiger partial charge in [0.15, 0.2) is 0 Å². The summed E-state index contributed by atoms with van der Waals surface area (Å²) in [4.78, 5) is 53.7. The van der Waals surface area contributed by atoms with Crippen LogP contribution in [0.25, 0.3) is 0 Å². The van der Waals surface area contributed by atoms with Crippen molar-refractivity contribution in [1.82, 2.24) is 20.9 Å². The quantitative estimate of drug-likeness (QED) is 0.595. The van der Waals surface area contributed by atoms with Gasteiger partial charge in [-0.1, -0.05) is 25.4 Å². The zero-order valence-electron chi connectivity index (χ0n) is 20.0. The molecule has 1 fully saturated rings. The standard InChI is InChI=1S/C24H33ClN4O5/c1-13(2)21-24(33)29(4)14(3)12-34-19-9-8-15(25)10-17(19)22(31)27-18(11-20(30)28-21)23(32)26-16-6-5-7-16/h8-10,13-14,16,18,21H,5-7,11-12H2,1-4H3,(H,26,32)(H,27,31)(H,28,30)/t14-,18+,21+/m1/s1. The molecule has 1 aromatic carbocycles. The van der Waals surface area contributed by atoms with E-state index in [9.17, 15) is 19.2 Å². The highest BCUT2D eigenvalue weighted by molar-refractivity contribution is 6.31. The first-order valence-corrected chi connectivity index (χ1v) is 12.0. The third-order valence-electron chi connectivity index (χ3n) is 6.39. The minimum absolute atomic E-state index is 0.0331. The normalized spacial score (nSPS) is 24.8. The molecule has 0 spiro atoms. The summed E-state index contributed by atoms with van der Waals surface area (Å²) in [6.07, 6.45) is 2.44. The van der Waals surface area contributed by atoms with Gasteiger partial charge in [-0.3, -0.25) is 19.2 Å². The first-order chi connectivity index (χ1) is 16.1. The Morgan fingerprint density at radius 2 is 1.91 bits per heavy atom. The van der Waals surface area contributed by atoms with Crippen LogP contribution in [0.2, 0.25) is 5.02 Å². The van der Waals surface area contributed by atoms with Gasteiger partial charge in [0, 0.05) is 18.1 Å². The first-order valence-electron chi connectivity index (χ1n) is 11.7. The number of carbonyl (C=O) groups excluding carboxylic acids is 4. The van der Waals surface area contributed by atoms with Crippen LogP contribution in [0.3, 0.4) is 0 Å². The summed E-state index contributed by atoms with van der Waals surface area (Å²) < 4.78 is 5.89. The zero-order chi connectivity index (χ0) is 25.0. The summed E-state index contributed by atoms with van der Waals surface area (Å²) >= 11 is 6.12. The van der Waals surface area contributed by atoms with Crippen LogP contribution >= 0.6 is 11.6 Å². The van der Waals surface area contributed by atoms with E-state index in [1.165, 1.54) is 11.0 Å². The molecule has 0 radical (unpaired) electrons. The lowest BCUT2D eigenvalue weighted by molar-refractivity contribution is -0.139. The van der Waals surface area contributed by atoms with Crippen molar-refractivity contribution in [1.29, 1.82) is 0 Å². The summed E-state index contributed by atoms with van der Waals surface area (Å²) in [6, 6.07) is 2.42. The molecule has 0 unspecified atom stereocenters. The van der Waals surface area contributed by atoms with Gasteiger partial charge in [0.2, 0.25) is 17.7 Å². The second kappa shape index (κ2) is 11.1. The van der Waals surface area contributed by atoms with Gasteiger partial charge >= 0.3 is 0 Å². The molecule has 3 N–H and O–H groups in total. The zero-order valence-corrected chi connectivity index (χ0v) is 20.8. The number of fused-ring (bicyclic) bond motifs is 1. The molecule has 0 bridgehead atoms. The van der Waals surface area contributed by atoms with Crippen LogP contribution < -0.4 is 20.7 Å². The number of nitrogens with one attached hydrogen (secondary N) is 3. The van der Waals surface area contributed by atoms with Crippen molar-refractivity contribution in [2.24, 2.45) is 5.92 Å². The average Bonchev–Trinajstić information content (AvgIpc) is 2.76. The van der Waals surface area contributed by atoms with E-state index < -0.39 is 29.8 Å². The van der Waals surface area contributed by atoms with Crippen LogP contribution in [0, 0.1) is 5.92 Å². The second-order valence-corrected chi connectivity index (χ2v) is 9.84. The predicted octanol–water partition coefficient (Wildman–Crippen LogP) is 1.88. The van der Waals surface area contributed by atoms with E-state index in [1.807, 2.05) is 20.8 Å². The molecule has 1 aromatic rings. The minimum Gasteiger partial charge on any atom is -0.491 e. The number of benzene rings is 1. The molecule has 0 aromatic heterocycles. The fourth-order valence-corrected chi connectivity index (χ4v) is 3.97. The van der Waals surface area contributed by atoms with Gasteiger partial charge in [0.25, 0.3) is 5.91 Å². The monoisotopic (exact) mass is 492 g/mol. The Morgan fingerprint density at radius 1 is 1.21 bits per heavy atom. The Balaban J connectivity index is 1.95. The molecular weight excluding hydrogens is 460 g/mol. The lowest BCUT2D eigenvalue weighted by Crippen LogP contribution is -2.56. The van der Waals surface area contributed by atoms with Crippen LogP contribution in [0.5, 0.6) is 5.75 Å². The van der Waals surface area contributed by atoms with Crippen LogP contribution in [0.15, 0.2) is 18.2 Å². The van der Waals surface area contributed by atoms with E-state index in [0.717, 1.165) is 19.3 Å². The lowest BCUT2D eigenvalue weighted by atomic mass is 9.92. The Hall–Kier alpha value is -2.81. The van der Waals surface area contributed by atoms with E-state index >= 15 is 0 Å². The maximum atomic E-state index is 13.2. The molecular formula is C24H33ClN4O5. The van der Waals surface area contributed by atoms with Gasteiger partial charge in [-0.25, -0.2) is 0 Å². The number of ether oxygens (including phenoxy) is 1. The minimum atomic E-state index is -1.12. The topological polar surface area (TPSA) is 117 Å². The highest BCUT2D eigenvalue weighted by Crippen LogP contribution is 2.24. The summed E-state index contributed by atoms with van der Waals surface area (Å²) in [6.45, 7) is 5.61. The van der Waals surface area contributed by atoms with Crippen molar-refractivity contribution >= 4 is 35.2 Å². The largest absolute Gasteiger partial charge is 0.491 e. The van der Waals surface area contributed by atoms with Crippen molar-refractivity contribution in [2.75, 3.05) is 13.7 Å². The Labute approximate surface area is 204 Å². The van der Waals surface area contributed by atoms with Gasteiger partial charge in [-0.05, 0) is 50.3 Å². The number of likely N-dealkylation sites (N-methyl/N-ethyl adjacent to an activating group) is 1. The molecule has 10 heteroatoms. The fraction of sp³-hybridized carbons (Fsp3) is 0.583. The number of halogens is 1. The van der Waals surface area contributed by atoms with Crippen molar-refractivity contribution in [2.45, 2.75) is 70.6 Å². The van der Waals surface area contributed by atoms with Gasteiger partial charge in [0.05, 0.1) is 18.0 Å². The summed E-state index contributed by atoms with van der Waals surface area (Å²) in [5, 5.41) is 8.64. The lowest BCUT2D eigenvalue weighted by Gasteiger charge is -2.32. The van der Waals surface area contributed by atoms with Crippen LogP contribution in [-0.2, 0) is 14.4 Å². The molecule has 3 rings (SSSR count). The van der Waals surface area contributed by atoms with E-state index in [4.69, 9.17) is 16.3 Å². The van der Waals surface area contributed by atoms with E-state index in [2.05, 4.69) is 16.0 Å². The molecule has 0 saturated heterocycles. The Morgan fingerprint density at radius 3 is 2.53 bits per heavy atom. The van der Waals surface area contributed by atoms with Crippen molar-refractivity contribution < 1.29 is 23.9 Å². The van der Waals surface area contributed by atoms with Gasteiger partial charge in [-0.2, -0.15) is 0 Å². The van der Waals surface area contributed by atoms with Gasteiger partial charge in [0.1, 0.15) is 24.4 Å². The number of amides is 4. The summed E-state index contributed by atoms with van der Waals surface area (Å²) in [5.74, 6) is -1.68. The number of nitrogens with zero attached hydrogens (tertiary/aromatic N) is 1. The van der Waals surface area contributed by atoms with Gasteiger partial charge < -0.3 is 25.6 Å². The van der Waals surface area contributed by atoms with Crippen LogP contribution in [-0.4, -0.2) is 66.4 Å². The maximum Gasteiger partial charge on any atom is 0.255 e. The number of hydrogen-bond acceptors (Lipinski definition) is 5. The molecule has 34 heavy (non-hydrogen) atoms. The van der Waals surface area contributed by atoms with Gasteiger partial charge in [-0.15, -0.1) is 0 Å². The SMILES string of the molecule is CC(C)[C@@H]1NC(=O)C[C@@H](C(=O)NC2CCC2)NC(=O)c2cc(Cl)ccc2OC[C@@H](C)N(C)C1=O. The highest BCUT2D eigenvalue weighted by Gasteiger charge is 2.33. The second-order valence-electron chi connectivity index (χ2n) is 9.41. The highest BCUT2D eigenvalue weighted by atomic mass is 35.5. The number of rotatable bonds is 3. The number of carbonyl (C=O) groups is 4. The predicted molar refractivity (Wildman–Crippen MR) is 128 cm³/mol. The van der Waals surface area contributed by atoms with Crippen molar-refractivity contribution in [3.8, 4) is 5.75 Å². The third kappa shape index (κ3) is 6.20. The van der Waals surface area contributed by atoms with Crippen LogP contribution in [0.4, 0.5) is 0 Å². The van der Waals surface area contributed by atoms with Crippen LogP contribution in [0.1, 0.15) is 56.8 Å². The Bertz CT molecular complexity index is 949. The third-order valence-corrected chi connectivity index (χ3v) is 6.62. The molecule has 1 heterocycles. The molecule has 1 aliphatic heterocycles. The molecule has 186 valence electrons. The van der Waals surface area contributed by atoms with Crippen molar-refractivity contribution in [3.05, 3.63) is 28.8 Å². The van der Waals surface area contributed by atoms with E-state index in [1.54, 1.807) is 19.2 Å². The molecule has 9 nitrogen and oxygen atoms in total. The molecule has 1 saturated carbocycles. The molecule has 2 aliphatic rings.